The monoisotopic (exact) mass is 236 g/mol. The highest BCUT2D eigenvalue weighted by Gasteiger charge is 2.01. The van der Waals surface area contributed by atoms with Crippen molar-refractivity contribution in [1.82, 2.24) is 10.3 Å². The summed E-state index contributed by atoms with van der Waals surface area (Å²) in [6.45, 7) is 3.97. The molecule has 5 heteroatoms. The Morgan fingerprint density at radius 3 is 3.06 bits per heavy atom. The molecular formula is C12H20N4O. The van der Waals surface area contributed by atoms with E-state index in [0.29, 0.717) is 5.69 Å². The van der Waals surface area contributed by atoms with Crippen molar-refractivity contribution < 1.29 is 5.21 Å². The SMILES string of the molecule is CCCCCNCc1ccnc(C(N)=NO)c1. The van der Waals surface area contributed by atoms with Gasteiger partial charge in [-0.1, -0.05) is 24.9 Å². The molecule has 1 heterocycles. The summed E-state index contributed by atoms with van der Waals surface area (Å²) in [4.78, 5) is 4.02. The van der Waals surface area contributed by atoms with E-state index < -0.39 is 0 Å². The molecule has 0 aromatic carbocycles. The average Bonchev–Trinajstić information content (AvgIpc) is 2.38. The highest BCUT2D eigenvalue weighted by Crippen LogP contribution is 2.01. The Hall–Kier alpha value is -1.62. The molecule has 17 heavy (non-hydrogen) atoms. The van der Waals surface area contributed by atoms with Gasteiger partial charge in [0.05, 0.1) is 0 Å². The van der Waals surface area contributed by atoms with Crippen LogP contribution in [0.25, 0.3) is 0 Å². The van der Waals surface area contributed by atoms with Crippen LogP contribution in [0.2, 0.25) is 0 Å². The van der Waals surface area contributed by atoms with Gasteiger partial charge in [0.1, 0.15) is 5.69 Å². The van der Waals surface area contributed by atoms with E-state index in [4.69, 9.17) is 10.9 Å². The van der Waals surface area contributed by atoms with Crippen LogP contribution in [-0.4, -0.2) is 22.6 Å². The van der Waals surface area contributed by atoms with Gasteiger partial charge in [-0.2, -0.15) is 0 Å². The van der Waals surface area contributed by atoms with Gasteiger partial charge in [-0.3, -0.25) is 4.98 Å². The number of oxime groups is 1. The molecule has 0 saturated carbocycles. The van der Waals surface area contributed by atoms with E-state index in [9.17, 15) is 0 Å². The summed E-state index contributed by atoms with van der Waals surface area (Å²) in [5.41, 5.74) is 7.06. The van der Waals surface area contributed by atoms with Crippen molar-refractivity contribution in [2.75, 3.05) is 6.54 Å². The number of nitrogens with one attached hydrogen (secondary N) is 1. The zero-order valence-corrected chi connectivity index (χ0v) is 10.2. The van der Waals surface area contributed by atoms with Crippen LogP contribution in [0.3, 0.4) is 0 Å². The van der Waals surface area contributed by atoms with Crippen molar-refractivity contribution >= 4 is 5.84 Å². The Bertz CT molecular complexity index is 365. The van der Waals surface area contributed by atoms with Crippen LogP contribution in [0.1, 0.15) is 37.4 Å². The highest BCUT2D eigenvalue weighted by atomic mass is 16.4. The Morgan fingerprint density at radius 2 is 2.35 bits per heavy atom. The number of hydrogen-bond donors (Lipinski definition) is 3. The highest BCUT2D eigenvalue weighted by molar-refractivity contribution is 5.95. The Labute approximate surface area is 102 Å². The van der Waals surface area contributed by atoms with Gasteiger partial charge in [-0.25, -0.2) is 0 Å². The van der Waals surface area contributed by atoms with Crippen LogP contribution < -0.4 is 11.1 Å². The molecule has 0 bridgehead atoms. The van der Waals surface area contributed by atoms with Gasteiger partial charge >= 0.3 is 0 Å². The largest absolute Gasteiger partial charge is 0.409 e. The maximum atomic E-state index is 8.56. The summed E-state index contributed by atoms with van der Waals surface area (Å²) in [6, 6.07) is 3.74. The number of nitrogens with two attached hydrogens (primary N) is 1. The lowest BCUT2D eigenvalue weighted by Gasteiger charge is -2.05. The Balaban J connectivity index is 2.43. The van der Waals surface area contributed by atoms with Crippen LogP contribution in [0, 0.1) is 0 Å². The lowest BCUT2D eigenvalue weighted by molar-refractivity contribution is 0.318. The number of aromatic nitrogens is 1. The molecule has 1 aromatic heterocycles. The van der Waals surface area contributed by atoms with Crippen LogP contribution in [0.5, 0.6) is 0 Å². The summed E-state index contributed by atoms with van der Waals surface area (Å²) in [5, 5.41) is 14.8. The van der Waals surface area contributed by atoms with Crippen LogP contribution in [0.4, 0.5) is 0 Å². The topological polar surface area (TPSA) is 83.5 Å². The van der Waals surface area contributed by atoms with E-state index in [1.165, 1.54) is 19.3 Å². The zero-order valence-electron chi connectivity index (χ0n) is 10.2. The Kier molecular flexibility index (Phi) is 6.03. The normalized spacial score (nSPS) is 11.7. The molecule has 1 rings (SSSR count). The summed E-state index contributed by atoms with van der Waals surface area (Å²) in [5.74, 6) is 0.0397. The molecule has 0 aliphatic rings. The second kappa shape index (κ2) is 7.62. The number of rotatable bonds is 7. The van der Waals surface area contributed by atoms with Crippen molar-refractivity contribution in [3.63, 3.8) is 0 Å². The predicted octanol–water partition coefficient (Wildman–Crippen LogP) is 1.46. The average molecular weight is 236 g/mol. The summed E-state index contributed by atoms with van der Waals surface area (Å²) < 4.78 is 0. The standard InChI is InChI=1S/C12H20N4O/c1-2-3-4-6-14-9-10-5-7-15-11(8-10)12(13)16-17/h5,7-8,14,17H,2-4,6,9H2,1H3,(H2,13,16). The van der Waals surface area contributed by atoms with Crippen molar-refractivity contribution in [3.8, 4) is 0 Å². The summed E-state index contributed by atoms with van der Waals surface area (Å²) >= 11 is 0. The first kappa shape index (κ1) is 13.4. The first-order valence-electron chi connectivity index (χ1n) is 5.91. The van der Waals surface area contributed by atoms with Gasteiger partial charge in [0.25, 0.3) is 0 Å². The van der Waals surface area contributed by atoms with E-state index in [2.05, 4.69) is 22.4 Å². The van der Waals surface area contributed by atoms with Gasteiger partial charge in [0.15, 0.2) is 5.84 Å². The van der Waals surface area contributed by atoms with E-state index >= 15 is 0 Å². The number of unbranched alkanes of at least 4 members (excludes halogenated alkanes) is 2. The van der Waals surface area contributed by atoms with Gasteiger partial charge in [-0.05, 0) is 30.7 Å². The summed E-state index contributed by atoms with van der Waals surface area (Å²) in [7, 11) is 0. The van der Waals surface area contributed by atoms with Gasteiger partial charge < -0.3 is 16.3 Å². The van der Waals surface area contributed by atoms with Crippen molar-refractivity contribution in [2.24, 2.45) is 10.9 Å². The van der Waals surface area contributed by atoms with Crippen LogP contribution >= 0.6 is 0 Å². The summed E-state index contributed by atoms with van der Waals surface area (Å²) in [6.07, 6.45) is 5.33. The number of hydrogen-bond acceptors (Lipinski definition) is 4. The first-order chi connectivity index (χ1) is 8.27. The van der Waals surface area contributed by atoms with Crippen LogP contribution in [0.15, 0.2) is 23.5 Å². The molecule has 0 spiro atoms. The van der Waals surface area contributed by atoms with Crippen molar-refractivity contribution in [1.29, 1.82) is 0 Å². The molecule has 1 aromatic rings. The molecule has 0 amide bonds. The third-order valence-electron chi connectivity index (χ3n) is 2.48. The fraction of sp³-hybridized carbons (Fsp3) is 0.500. The molecule has 0 unspecified atom stereocenters. The molecule has 0 radical (unpaired) electrons. The smallest absolute Gasteiger partial charge is 0.188 e. The van der Waals surface area contributed by atoms with E-state index in [-0.39, 0.29) is 5.84 Å². The second-order valence-electron chi connectivity index (χ2n) is 3.92. The molecule has 0 saturated heterocycles. The number of pyridine rings is 1. The second-order valence-corrected chi connectivity index (χ2v) is 3.92. The third-order valence-corrected chi connectivity index (χ3v) is 2.48. The van der Waals surface area contributed by atoms with Gasteiger partial charge in [0, 0.05) is 12.7 Å². The lowest BCUT2D eigenvalue weighted by atomic mass is 10.2. The van der Waals surface area contributed by atoms with Crippen LogP contribution in [-0.2, 0) is 6.54 Å². The minimum Gasteiger partial charge on any atom is -0.409 e. The molecule has 0 atom stereocenters. The molecule has 0 aliphatic carbocycles. The molecule has 94 valence electrons. The van der Waals surface area contributed by atoms with Crippen molar-refractivity contribution in [3.05, 3.63) is 29.6 Å². The van der Waals surface area contributed by atoms with E-state index in [0.717, 1.165) is 18.7 Å². The molecule has 0 aliphatic heterocycles. The fourth-order valence-electron chi connectivity index (χ4n) is 1.51. The quantitative estimate of drug-likeness (QED) is 0.220. The van der Waals surface area contributed by atoms with Gasteiger partial charge in [0.2, 0.25) is 0 Å². The molecule has 0 fully saturated rings. The molecular weight excluding hydrogens is 216 g/mol. The number of amidine groups is 1. The molecule has 4 N–H and O–H groups in total. The zero-order chi connectivity index (χ0) is 12.5. The van der Waals surface area contributed by atoms with Gasteiger partial charge in [-0.15, -0.1) is 0 Å². The van der Waals surface area contributed by atoms with E-state index in [1.54, 1.807) is 6.20 Å². The van der Waals surface area contributed by atoms with Crippen molar-refractivity contribution in [2.45, 2.75) is 32.7 Å². The Morgan fingerprint density at radius 1 is 1.53 bits per heavy atom. The first-order valence-corrected chi connectivity index (χ1v) is 5.91. The third kappa shape index (κ3) is 4.82. The predicted molar refractivity (Wildman–Crippen MR) is 68.0 cm³/mol. The lowest BCUT2D eigenvalue weighted by Crippen LogP contribution is -2.17. The molecule has 5 nitrogen and oxygen atoms in total. The number of nitrogens with zero attached hydrogens (tertiary/aromatic N) is 2. The minimum atomic E-state index is 0.0397. The maximum Gasteiger partial charge on any atom is 0.188 e. The maximum absolute atomic E-state index is 8.56. The fourth-order valence-corrected chi connectivity index (χ4v) is 1.51. The minimum absolute atomic E-state index is 0.0397. The van der Waals surface area contributed by atoms with E-state index in [1.807, 2.05) is 12.1 Å².